The Morgan fingerprint density at radius 3 is 2.48 bits per heavy atom. The summed E-state index contributed by atoms with van der Waals surface area (Å²) in [6.07, 6.45) is 4.10. The number of hydrogen-bond donors (Lipinski definition) is 3. The number of carboxylic acid groups (broad SMARTS) is 1. The molecule has 0 aromatic heterocycles. The fraction of sp³-hybridized carbons (Fsp3) is 0.286. The van der Waals surface area contributed by atoms with Gasteiger partial charge in [-0.05, 0) is 30.7 Å². The van der Waals surface area contributed by atoms with E-state index in [9.17, 15) is 13.8 Å². The first-order valence-electron chi connectivity index (χ1n) is 6.26. The average molecular weight is 310 g/mol. The number of benzene rings is 1. The molecule has 0 aliphatic carbocycles. The van der Waals surface area contributed by atoms with Crippen molar-refractivity contribution in [3.8, 4) is 0 Å². The van der Waals surface area contributed by atoms with Gasteiger partial charge in [0.15, 0.2) is 0 Å². The molecule has 0 aliphatic rings. The van der Waals surface area contributed by atoms with Gasteiger partial charge in [0.1, 0.15) is 0 Å². The van der Waals surface area contributed by atoms with E-state index in [1.807, 2.05) is 0 Å². The van der Waals surface area contributed by atoms with Crippen molar-refractivity contribution in [1.82, 2.24) is 5.32 Å². The molecule has 2 amide bonds. The van der Waals surface area contributed by atoms with Crippen molar-refractivity contribution in [2.24, 2.45) is 0 Å². The molecular formula is C14H18N2O4S. The van der Waals surface area contributed by atoms with E-state index in [2.05, 4.69) is 10.6 Å². The summed E-state index contributed by atoms with van der Waals surface area (Å²) in [7, 11) is -0.981. The van der Waals surface area contributed by atoms with Gasteiger partial charge in [-0.3, -0.25) is 4.21 Å². The molecule has 0 radical (unpaired) electrons. The van der Waals surface area contributed by atoms with Gasteiger partial charge in [-0.1, -0.05) is 12.1 Å². The minimum atomic E-state index is -1.01. The Bertz CT molecular complexity index is 555. The number of aliphatic carboxylic acids is 1. The molecule has 1 aromatic rings. The molecule has 1 rings (SSSR count). The summed E-state index contributed by atoms with van der Waals surface area (Å²) in [5.74, 6) is -1.01. The lowest BCUT2D eigenvalue weighted by Gasteiger charge is -2.11. The Labute approximate surface area is 125 Å². The number of carbonyl (C=O) groups is 2. The van der Waals surface area contributed by atoms with Gasteiger partial charge < -0.3 is 15.7 Å². The number of rotatable bonds is 6. The fourth-order valence-electron chi connectivity index (χ4n) is 1.37. The van der Waals surface area contributed by atoms with E-state index in [-0.39, 0.29) is 11.3 Å². The SMILES string of the molecule is CC(CNC(=O)Nc1ccc(/C=C/C(=O)O)cc1)S(C)=O. The van der Waals surface area contributed by atoms with E-state index in [1.54, 1.807) is 37.4 Å². The van der Waals surface area contributed by atoms with Gasteiger partial charge in [0.05, 0.1) is 0 Å². The molecule has 0 bridgehead atoms. The Morgan fingerprint density at radius 2 is 1.95 bits per heavy atom. The molecule has 3 N–H and O–H groups in total. The second-order valence-corrected chi connectivity index (χ2v) is 6.24. The summed E-state index contributed by atoms with van der Waals surface area (Å²) in [6, 6.07) is 6.35. The maximum absolute atomic E-state index is 11.6. The average Bonchev–Trinajstić information content (AvgIpc) is 2.43. The van der Waals surface area contributed by atoms with Crippen LogP contribution in [0.2, 0.25) is 0 Å². The standard InChI is InChI=1S/C14H18N2O4S/c1-10(21(2)20)9-15-14(19)16-12-6-3-11(4-7-12)5-8-13(17)18/h3-8,10H,9H2,1-2H3,(H,17,18)(H2,15,16,19)/b8-5+. The molecule has 7 heteroatoms. The highest BCUT2D eigenvalue weighted by Crippen LogP contribution is 2.10. The third-order valence-corrected chi connectivity index (χ3v) is 4.00. The van der Waals surface area contributed by atoms with Crippen molar-refractivity contribution >= 4 is 34.6 Å². The molecule has 0 saturated carbocycles. The number of hydrogen-bond acceptors (Lipinski definition) is 3. The summed E-state index contributed by atoms with van der Waals surface area (Å²) in [5, 5.41) is 13.7. The van der Waals surface area contributed by atoms with Crippen LogP contribution >= 0.6 is 0 Å². The van der Waals surface area contributed by atoms with Gasteiger partial charge in [0.2, 0.25) is 0 Å². The number of anilines is 1. The Kier molecular flexibility index (Phi) is 6.61. The first-order chi connectivity index (χ1) is 9.88. The van der Waals surface area contributed by atoms with Crippen LogP contribution in [0.1, 0.15) is 12.5 Å². The monoisotopic (exact) mass is 310 g/mol. The molecule has 0 aliphatic heterocycles. The largest absolute Gasteiger partial charge is 0.478 e. The first kappa shape index (κ1) is 16.9. The molecule has 2 atom stereocenters. The van der Waals surface area contributed by atoms with E-state index < -0.39 is 16.8 Å². The number of carboxylic acids is 1. The van der Waals surface area contributed by atoms with E-state index in [4.69, 9.17) is 5.11 Å². The van der Waals surface area contributed by atoms with Crippen LogP contribution in [0.15, 0.2) is 30.3 Å². The molecule has 2 unspecified atom stereocenters. The van der Waals surface area contributed by atoms with E-state index in [1.165, 1.54) is 6.08 Å². The van der Waals surface area contributed by atoms with Gasteiger partial charge in [0.25, 0.3) is 0 Å². The van der Waals surface area contributed by atoms with Crippen LogP contribution in [0, 0.1) is 0 Å². The van der Waals surface area contributed by atoms with Gasteiger partial charge in [0, 0.05) is 40.6 Å². The number of nitrogens with one attached hydrogen (secondary N) is 2. The van der Waals surface area contributed by atoms with Gasteiger partial charge >= 0.3 is 12.0 Å². The predicted octanol–water partition coefficient (Wildman–Crippen LogP) is 1.67. The maximum atomic E-state index is 11.6. The smallest absolute Gasteiger partial charge is 0.328 e. The van der Waals surface area contributed by atoms with Crippen molar-refractivity contribution in [3.63, 3.8) is 0 Å². The zero-order valence-electron chi connectivity index (χ0n) is 11.8. The van der Waals surface area contributed by atoms with Crippen LogP contribution in [0.3, 0.4) is 0 Å². The van der Waals surface area contributed by atoms with Crippen molar-refractivity contribution < 1.29 is 18.9 Å². The fourth-order valence-corrected chi connectivity index (χ4v) is 1.69. The van der Waals surface area contributed by atoms with E-state index in [0.29, 0.717) is 12.2 Å². The topological polar surface area (TPSA) is 95.5 Å². The molecule has 0 fully saturated rings. The molecule has 0 spiro atoms. The Morgan fingerprint density at radius 1 is 1.33 bits per heavy atom. The van der Waals surface area contributed by atoms with E-state index >= 15 is 0 Å². The predicted molar refractivity (Wildman–Crippen MR) is 83.7 cm³/mol. The third-order valence-electron chi connectivity index (χ3n) is 2.70. The lowest BCUT2D eigenvalue weighted by Crippen LogP contribution is -2.35. The van der Waals surface area contributed by atoms with Gasteiger partial charge in [-0.25, -0.2) is 9.59 Å². The number of carbonyl (C=O) groups excluding carboxylic acids is 1. The zero-order chi connectivity index (χ0) is 15.8. The second kappa shape index (κ2) is 8.21. The summed E-state index contributed by atoms with van der Waals surface area (Å²) in [5.41, 5.74) is 1.31. The molecule has 0 heterocycles. The van der Waals surface area contributed by atoms with Crippen LogP contribution in [-0.4, -0.2) is 39.4 Å². The third kappa shape index (κ3) is 6.71. The van der Waals surface area contributed by atoms with Gasteiger partial charge in [-0.15, -0.1) is 0 Å². The van der Waals surface area contributed by atoms with Crippen LogP contribution in [-0.2, 0) is 15.6 Å². The zero-order valence-corrected chi connectivity index (χ0v) is 12.6. The Hall–Kier alpha value is -2.15. The Balaban J connectivity index is 2.50. The highest BCUT2D eigenvalue weighted by molar-refractivity contribution is 7.84. The summed E-state index contributed by atoms with van der Waals surface area (Å²) >= 11 is 0. The molecular weight excluding hydrogens is 292 g/mol. The quantitative estimate of drug-likeness (QED) is 0.697. The number of urea groups is 1. The molecule has 6 nitrogen and oxygen atoms in total. The minimum absolute atomic E-state index is 0.112. The lowest BCUT2D eigenvalue weighted by atomic mass is 10.2. The van der Waals surface area contributed by atoms with Crippen molar-refractivity contribution in [3.05, 3.63) is 35.9 Å². The van der Waals surface area contributed by atoms with Crippen LogP contribution in [0.4, 0.5) is 10.5 Å². The number of amides is 2. The maximum Gasteiger partial charge on any atom is 0.328 e. The lowest BCUT2D eigenvalue weighted by molar-refractivity contribution is -0.131. The van der Waals surface area contributed by atoms with Gasteiger partial charge in [-0.2, -0.15) is 0 Å². The highest BCUT2D eigenvalue weighted by Gasteiger charge is 2.08. The first-order valence-corrected chi connectivity index (χ1v) is 7.88. The molecule has 114 valence electrons. The molecule has 0 saturated heterocycles. The highest BCUT2D eigenvalue weighted by atomic mass is 32.2. The summed E-state index contributed by atoms with van der Waals surface area (Å²) in [4.78, 5) is 22.0. The van der Waals surface area contributed by atoms with Crippen molar-refractivity contribution in [2.45, 2.75) is 12.2 Å². The van der Waals surface area contributed by atoms with Crippen molar-refractivity contribution in [1.29, 1.82) is 0 Å². The van der Waals surface area contributed by atoms with E-state index in [0.717, 1.165) is 11.6 Å². The van der Waals surface area contributed by atoms with Crippen molar-refractivity contribution in [2.75, 3.05) is 18.1 Å². The molecule has 21 heavy (non-hydrogen) atoms. The normalized spacial score (nSPS) is 13.6. The summed E-state index contributed by atoms with van der Waals surface area (Å²) in [6.45, 7) is 2.12. The summed E-state index contributed by atoms with van der Waals surface area (Å²) < 4.78 is 11.2. The second-order valence-electron chi connectivity index (χ2n) is 4.44. The van der Waals surface area contributed by atoms with Crippen LogP contribution in [0.5, 0.6) is 0 Å². The van der Waals surface area contributed by atoms with Crippen LogP contribution < -0.4 is 10.6 Å². The molecule has 1 aromatic carbocycles. The van der Waals surface area contributed by atoms with Crippen LogP contribution in [0.25, 0.3) is 6.08 Å². The minimum Gasteiger partial charge on any atom is -0.478 e.